The van der Waals surface area contributed by atoms with Gasteiger partial charge in [-0.1, -0.05) is 53.6 Å². The molecule has 0 spiro atoms. The van der Waals surface area contributed by atoms with Crippen molar-refractivity contribution in [3.8, 4) is 5.75 Å². The van der Waals surface area contributed by atoms with E-state index in [0.29, 0.717) is 29.6 Å². The second-order valence-corrected chi connectivity index (χ2v) is 7.72. The summed E-state index contributed by atoms with van der Waals surface area (Å²) in [4.78, 5) is 12.5. The Hall–Kier alpha value is -3.57. The number of carbonyl (C=O) groups is 1. The molecule has 0 radical (unpaired) electrons. The molecule has 4 aromatic rings. The SMILES string of the molecule is Cc1cccc(Cn2ccc(NC(=O)c3ccc(COc4ccc(Cl)cc4)cc3)n2)c1. The number of amides is 1. The predicted octanol–water partition coefficient (Wildman–Crippen LogP) is 5.72. The number of hydrogen-bond donors (Lipinski definition) is 1. The van der Waals surface area contributed by atoms with Crippen molar-refractivity contribution in [3.05, 3.63) is 112 Å². The minimum atomic E-state index is -0.203. The normalized spacial score (nSPS) is 10.6. The molecule has 0 aliphatic carbocycles. The van der Waals surface area contributed by atoms with E-state index in [1.807, 2.05) is 41.2 Å². The number of carbonyl (C=O) groups excluding carboxylic acids is 1. The molecule has 6 heteroatoms. The van der Waals surface area contributed by atoms with E-state index < -0.39 is 0 Å². The van der Waals surface area contributed by atoms with E-state index in [9.17, 15) is 4.79 Å². The van der Waals surface area contributed by atoms with Gasteiger partial charge >= 0.3 is 0 Å². The van der Waals surface area contributed by atoms with E-state index >= 15 is 0 Å². The Morgan fingerprint density at radius 1 is 1.00 bits per heavy atom. The number of ether oxygens (including phenoxy) is 1. The maximum Gasteiger partial charge on any atom is 0.256 e. The van der Waals surface area contributed by atoms with E-state index in [1.54, 1.807) is 30.3 Å². The Bertz CT molecular complexity index is 1170. The first kappa shape index (κ1) is 20.7. The molecule has 4 rings (SSSR count). The van der Waals surface area contributed by atoms with Gasteiger partial charge in [0.25, 0.3) is 5.91 Å². The molecule has 0 saturated heterocycles. The van der Waals surface area contributed by atoms with Crippen LogP contribution in [0.1, 0.15) is 27.0 Å². The van der Waals surface area contributed by atoms with E-state index in [1.165, 1.54) is 5.56 Å². The zero-order valence-electron chi connectivity index (χ0n) is 17.1. The summed E-state index contributed by atoms with van der Waals surface area (Å²) < 4.78 is 7.54. The summed E-state index contributed by atoms with van der Waals surface area (Å²) in [6.07, 6.45) is 1.86. The van der Waals surface area contributed by atoms with Gasteiger partial charge in [-0.15, -0.1) is 0 Å². The fourth-order valence-electron chi connectivity index (χ4n) is 3.15. The zero-order chi connectivity index (χ0) is 21.6. The van der Waals surface area contributed by atoms with E-state index in [0.717, 1.165) is 16.9 Å². The van der Waals surface area contributed by atoms with Crippen molar-refractivity contribution in [2.75, 3.05) is 5.32 Å². The molecule has 0 saturated carbocycles. The van der Waals surface area contributed by atoms with Crippen LogP contribution in [0.5, 0.6) is 5.75 Å². The van der Waals surface area contributed by atoms with Crippen LogP contribution in [-0.4, -0.2) is 15.7 Å². The molecule has 0 bridgehead atoms. The van der Waals surface area contributed by atoms with Gasteiger partial charge < -0.3 is 10.1 Å². The molecule has 0 atom stereocenters. The molecule has 1 heterocycles. The molecular formula is C25H22ClN3O2. The van der Waals surface area contributed by atoms with E-state index in [2.05, 4.69) is 35.5 Å². The Balaban J connectivity index is 1.32. The lowest BCUT2D eigenvalue weighted by molar-refractivity contribution is 0.102. The van der Waals surface area contributed by atoms with Crippen molar-refractivity contribution < 1.29 is 9.53 Å². The number of hydrogen-bond acceptors (Lipinski definition) is 3. The lowest BCUT2D eigenvalue weighted by atomic mass is 10.1. The molecular weight excluding hydrogens is 410 g/mol. The van der Waals surface area contributed by atoms with Crippen LogP contribution in [0, 0.1) is 6.92 Å². The van der Waals surface area contributed by atoms with Crippen LogP contribution in [0.4, 0.5) is 5.82 Å². The molecule has 1 aromatic heterocycles. The summed E-state index contributed by atoms with van der Waals surface area (Å²) in [5, 5.41) is 7.96. The quantitative estimate of drug-likeness (QED) is 0.407. The van der Waals surface area contributed by atoms with Gasteiger partial charge in [0.05, 0.1) is 6.54 Å². The first-order chi connectivity index (χ1) is 15.0. The molecule has 3 aromatic carbocycles. The minimum Gasteiger partial charge on any atom is -0.489 e. The van der Waals surface area contributed by atoms with Crippen LogP contribution in [0.15, 0.2) is 85.1 Å². The van der Waals surface area contributed by atoms with Crippen LogP contribution in [0.3, 0.4) is 0 Å². The Morgan fingerprint density at radius 3 is 2.52 bits per heavy atom. The highest BCUT2D eigenvalue weighted by Gasteiger charge is 2.09. The third-order valence-corrected chi connectivity index (χ3v) is 5.00. The van der Waals surface area contributed by atoms with Gasteiger partial charge in [0.15, 0.2) is 5.82 Å². The summed E-state index contributed by atoms with van der Waals surface area (Å²) in [7, 11) is 0. The summed E-state index contributed by atoms with van der Waals surface area (Å²) in [5.74, 6) is 1.06. The Labute approximate surface area is 186 Å². The van der Waals surface area contributed by atoms with Crippen LogP contribution < -0.4 is 10.1 Å². The maximum absolute atomic E-state index is 12.5. The van der Waals surface area contributed by atoms with Crippen molar-refractivity contribution in [1.82, 2.24) is 9.78 Å². The number of anilines is 1. The fourth-order valence-corrected chi connectivity index (χ4v) is 3.28. The number of aryl methyl sites for hydroxylation is 1. The lowest BCUT2D eigenvalue weighted by Crippen LogP contribution is -2.13. The van der Waals surface area contributed by atoms with Crippen molar-refractivity contribution in [2.45, 2.75) is 20.1 Å². The van der Waals surface area contributed by atoms with Gasteiger partial charge in [0.1, 0.15) is 12.4 Å². The highest BCUT2D eigenvalue weighted by molar-refractivity contribution is 6.30. The lowest BCUT2D eigenvalue weighted by Gasteiger charge is -2.07. The smallest absolute Gasteiger partial charge is 0.256 e. The van der Waals surface area contributed by atoms with Gasteiger partial charge in [-0.2, -0.15) is 5.10 Å². The van der Waals surface area contributed by atoms with Gasteiger partial charge in [0, 0.05) is 22.8 Å². The van der Waals surface area contributed by atoms with E-state index in [-0.39, 0.29) is 5.91 Å². The standard InChI is InChI=1S/C25H22ClN3O2/c1-18-3-2-4-20(15-18)16-29-14-13-24(28-29)27-25(30)21-7-5-19(6-8-21)17-31-23-11-9-22(26)10-12-23/h2-15H,16-17H2,1H3,(H,27,28,30). The first-order valence-corrected chi connectivity index (χ1v) is 10.3. The van der Waals surface area contributed by atoms with Crippen LogP contribution in [0.2, 0.25) is 5.02 Å². The summed E-state index contributed by atoms with van der Waals surface area (Å²) in [5.41, 5.74) is 3.90. The molecule has 156 valence electrons. The largest absolute Gasteiger partial charge is 0.489 e. The summed E-state index contributed by atoms with van der Waals surface area (Å²) >= 11 is 5.88. The summed E-state index contributed by atoms with van der Waals surface area (Å²) in [6, 6.07) is 24.6. The molecule has 0 aliphatic heterocycles. The predicted molar refractivity (Wildman–Crippen MR) is 123 cm³/mol. The second kappa shape index (κ2) is 9.49. The molecule has 1 N–H and O–H groups in total. The molecule has 1 amide bonds. The molecule has 0 fully saturated rings. The molecule has 0 aliphatic rings. The zero-order valence-corrected chi connectivity index (χ0v) is 17.8. The monoisotopic (exact) mass is 431 g/mol. The third kappa shape index (κ3) is 5.74. The highest BCUT2D eigenvalue weighted by atomic mass is 35.5. The van der Waals surface area contributed by atoms with Crippen LogP contribution >= 0.6 is 11.6 Å². The van der Waals surface area contributed by atoms with Gasteiger partial charge in [0.2, 0.25) is 0 Å². The Morgan fingerprint density at radius 2 is 1.77 bits per heavy atom. The van der Waals surface area contributed by atoms with Crippen molar-refractivity contribution in [2.24, 2.45) is 0 Å². The number of nitrogens with zero attached hydrogens (tertiary/aromatic N) is 2. The number of aromatic nitrogens is 2. The number of nitrogens with one attached hydrogen (secondary N) is 1. The number of halogens is 1. The molecule has 5 nitrogen and oxygen atoms in total. The van der Waals surface area contributed by atoms with Gasteiger partial charge in [-0.3, -0.25) is 9.48 Å². The van der Waals surface area contributed by atoms with Crippen LogP contribution in [-0.2, 0) is 13.2 Å². The summed E-state index contributed by atoms with van der Waals surface area (Å²) in [6.45, 7) is 3.13. The topological polar surface area (TPSA) is 56.2 Å². The van der Waals surface area contributed by atoms with Crippen molar-refractivity contribution in [3.63, 3.8) is 0 Å². The Kier molecular flexibility index (Phi) is 6.34. The molecule has 31 heavy (non-hydrogen) atoms. The maximum atomic E-state index is 12.5. The average Bonchev–Trinajstić information content (AvgIpc) is 3.20. The van der Waals surface area contributed by atoms with Gasteiger partial charge in [-0.25, -0.2) is 0 Å². The van der Waals surface area contributed by atoms with Crippen molar-refractivity contribution >= 4 is 23.3 Å². The molecule has 0 unspecified atom stereocenters. The highest BCUT2D eigenvalue weighted by Crippen LogP contribution is 2.17. The fraction of sp³-hybridized carbons (Fsp3) is 0.120. The second-order valence-electron chi connectivity index (χ2n) is 7.28. The van der Waals surface area contributed by atoms with Crippen molar-refractivity contribution in [1.29, 1.82) is 0 Å². The van der Waals surface area contributed by atoms with Gasteiger partial charge in [-0.05, 0) is 54.4 Å². The average molecular weight is 432 g/mol. The number of benzene rings is 3. The first-order valence-electron chi connectivity index (χ1n) is 9.93. The third-order valence-electron chi connectivity index (χ3n) is 4.74. The van der Waals surface area contributed by atoms with Crippen LogP contribution in [0.25, 0.3) is 0 Å². The number of rotatable bonds is 7. The minimum absolute atomic E-state index is 0.203. The van der Waals surface area contributed by atoms with E-state index in [4.69, 9.17) is 16.3 Å².